The van der Waals surface area contributed by atoms with Gasteiger partial charge >= 0.3 is 0 Å². The zero-order valence-electron chi connectivity index (χ0n) is 13.0. The van der Waals surface area contributed by atoms with E-state index in [0.717, 1.165) is 17.1 Å². The highest BCUT2D eigenvalue weighted by atomic mass is 127. The second kappa shape index (κ2) is 8.68. The number of benzene rings is 1. The molecule has 23 heavy (non-hydrogen) atoms. The summed E-state index contributed by atoms with van der Waals surface area (Å²) < 4.78 is 4.97. The number of aliphatic imine (C=N–C) groups is 1. The molecule has 122 valence electrons. The molecule has 0 saturated carbocycles. The lowest BCUT2D eigenvalue weighted by Crippen LogP contribution is -2.40. The molecule has 1 aromatic heterocycles. The van der Waals surface area contributed by atoms with E-state index >= 15 is 0 Å². The molecular weight excluding hydrogens is 405 g/mol. The van der Waals surface area contributed by atoms with Gasteiger partial charge in [-0.05, 0) is 53.8 Å². The number of halogens is 1. The van der Waals surface area contributed by atoms with Gasteiger partial charge < -0.3 is 21.1 Å². The highest BCUT2D eigenvalue weighted by molar-refractivity contribution is 14.1. The molecule has 1 aromatic carbocycles. The van der Waals surface area contributed by atoms with Crippen LogP contribution in [0.25, 0.3) is 0 Å². The summed E-state index contributed by atoms with van der Waals surface area (Å²) in [5, 5.41) is 6.33. The number of alkyl halides is 1. The van der Waals surface area contributed by atoms with Gasteiger partial charge in [-0.1, -0.05) is 12.1 Å². The van der Waals surface area contributed by atoms with E-state index < -0.39 is 0 Å². The molecule has 2 unspecified atom stereocenters. The molecule has 0 aliphatic carbocycles. The quantitative estimate of drug-likeness (QED) is 0.171. The van der Waals surface area contributed by atoms with E-state index in [-0.39, 0.29) is 10.2 Å². The molecule has 2 atom stereocenters. The maximum absolute atomic E-state index is 5.83. The number of hydrogen-bond acceptors (Lipinski definition) is 4. The molecule has 6 nitrogen and oxygen atoms in total. The Bertz CT molecular complexity index is 648. The Hall–Kier alpha value is -1.87. The summed E-state index contributed by atoms with van der Waals surface area (Å²) in [7, 11) is 1.64. The normalized spacial score (nSPS) is 14.0. The molecule has 0 saturated heterocycles. The smallest absolute Gasteiger partial charge is 0.198 e. The first-order valence-corrected chi connectivity index (χ1v) is 8.39. The molecule has 0 fully saturated rings. The minimum Gasteiger partial charge on any atom is -0.497 e. The first-order chi connectivity index (χ1) is 11.1. The summed E-state index contributed by atoms with van der Waals surface area (Å²) in [5.41, 5.74) is 7.58. The van der Waals surface area contributed by atoms with Crippen LogP contribution in [-0.2, 0) is 0 Å². The van der Waals surface area contributed by atoms with Crippen molar-refractivity contribution >= 4 is 34.2 Å². The molecule has 0 aliphatic heterocycles. The number of nitrogens with one attached hydrogen (secondary N) is 2. The van der Waals surface area contributed by atoms with Crippen molar-refractivity contribution < 1.29 is 4.74 Å². The zero-order chi connectivity index (χ0) is 16.7. The average molecular weight is 425 g/mol. The SMILES string of the molecule is COc1cccc(NC(=NC(C)c2ccccn2)NC(N)I)c1. The molecular formula is C16H20IN5O. The van der Waals surface area contributed by atoms with Crippen molar-refractivity contribution in [2.75, 3.05) is 12.4 Å². The molecule has 0 aliphatic rings. The van der Waals surface area contributed by atoms with Crippen LogP contribution in [0.1, 0.15) is 18.7 Å². The number of rotatable bonds is 5. The van der Waals surface area contributed by atoms with Crippen LogP contribution in [0.3, 0.4) is 0 Å². The lowest BCUT2D eigenvalue weighted by molar-refractivity contribution is 0.415. The Morgan fingerprint density at radius 2 is 2.13 bits per heavy atom. The van der Waals surface area contributed by atoms with Crippen molar-refractivity contribution in [2.24, 2.45) is 10.7 Å². The number of nitrogens with two attached hydrogens (primary N) is 1. The van der Waals surface area contributed by atoms with E-state index in [4.69, 9.17) is 10.5 Å². The molecule has 0 radical (unpaired) electrons. The summed E-state index contributed by atoms with van der Waals surface area (Å²) >= 11 is 2.08. The van der Waals surface area contributed by atoms with E-state index in [9.17, 15) is 0 Å². The van der Waals surface area contributed by atoms with Gasteiger partial charge in [0.2, 0.25) is 0 Å². The van der Waals surface area contributed by atoms with Crippen LogP contribution >= 0.6 is 22.6 Å². The number of methoxy groups -OCH3 is 1. The zero-order valence-corrected chi connectivity index (χ0v) is 15.2. The number of nitrogens with zero attached hydrogens (tertiary/aromatic N) is 2. The summed E-state index contributed by atoms with van der Waals surface area (Å²) in [6, 6.07) is 13.3. The van der Waals surface area contributed by atoms with Crippen LogP contribution in [0.5, 0.6) is 5.75 Å². The molecule has 0 bridgehead atoms. The van der Waals surface area contributed by atoms with Crippen molar-refractivity contribution in [3.8, 4) is 5.75 Å². The summed E-state index contributed by atoms with van der Waals surface area (Å²) in [6.45, 7) is 1.98. The lowest BCUT2D eigenvalue weighted by Gasteiger charge is -2.16. The predicted octanol–water partition coefficient (Wildman–Crippen LogP) is 2.89. The molecule has 2 rings (SSSR count). The topological polar surface area (TPSA) is 84.6 Å². The fourth-order valence-electron chi connectivity index (χ4n) is 1.96. The molecule has 0 spiro atoms. The number of hydrogen-bond donors (Lipinski definition) is 3. The summed E-state index contributed by atoms with van der Waals surface area (Å²) in [5.74, 6) is 1.35. The number of anilines is 1. The minimum atomic E-state index is -0.264. The third-order valence-corrected chi connectivity index (χ3v) is 3.36. The predicted molar refractivity (Wildman–Crippen MR) is 102 cm³/mol. The Kier molecular flexibility index (Phi) is 6.60. The second-order valence-electron chi connectivity index (χ2n) is 4.81. The van der Waals surface area contributed by atoms with Crippen LogP contribution in [0, 0.1) is 0 Å². The minimum absolute atomic E-state index is 0.105. The highest BCUT2D eigenvalue weighted by Crippen LogP contribution is 2.18. The first kappa shape index (κ1) is 17.5. The number of ether oxygens (including phenoxy) is 1. The maximum Gasteiger partial charge on any atom is 0.198 e. The average Bonchev–Trinajstić information content (AvgIpc) is 2.55. The van der Waals surface area contributed by atoms with Gasteiger partial charge in [-0.15, -0.1) is 0 Å². The van der Waals surface area contributed by atoms with E-state index in [2.05, 4.69) is 43.2 Å². The lowest BCUT2D eigenvalue weighted by atomic mass is 10.2. The van der Waals surface area contributed by atoms with Gasteiger partial charge in [0.1, 0.15) is 9.92 Å². The fraction of sp³-hybridized carbons (Fsp3) is 0.250. The molecule has 2 aromatic rings. The monoisotopic (exact) mass is 425 g/mol. The number of guanidine groups is 1. The fourth-order valence-corrected chi connectivity index (χ4v) is 2.25. The van der Waals surface area contributed by atoms with Gasteiger partial charge in [0.15, 0.2) is 5.96 Å². The number of pyridine rings is 1. The van der Waals surface area contributed by atoms with Crippen molar-refractivity contribution in [1.82, 2.24) is 10.3 Å². The van der Waals surface area contributed by atoms with Crippen LogP contribution < -0.4 is 21.1 Å². The second-order valence-corrected chi connectivity index (χ2v) is 6.15. The van der Waals surface area contributed by atoms with Crippen molar-refractivity contribution in [3.63, 3.8) is 0 Å². The number of aromatic nitrogens is 1. The highest BCUT2D eigenvalue weighted by Gasteiger charge is 2.09. The third kappa shape index (κ3) is 5.68. The van der Waals surface area contributed by atoms with Gasteiger partial charge in [-0.25, -0.2) is 4.99 Å². The first-order valence-electron chi connectivity index (χ1n) is 7.14. The van der Waals surface area contributed by atoms with E-state index in [1.165, 1.54) is 0 Å². The van der Waals surface area contributed by atoms with Crippen LogP contribution in [0.15, 0.2) is 53.7 Å². The van der Waals surface area contributed by atoms with Gasteiger partial charge in [0, 0.05) is 18.0 Å². The van der Waals surface area contributed by atoms with Crippen molar-refractivity contribution in [1.29, 1.82) is 0 Å². The molecule has 7 heteroatoms. The largest absolute Gasteiger partial charge is 0.497 e. The van der Waals surface area contributed by atoms with Gasteiger partial charge in [0.25, 0.3) is 0 Å². The Morgan fingerprint density at radius 1 is 1.30 bits per heavy atom. The van der Waals surface area contributed by atoms with Crippen molar-refractivity contribution in [2.45, 2.75) is 17.1 Å². The van der Waals surface area contributed by atoms with Crippen LogP contribution in [0.4, 0.5) is 5.69 Å². The maximum atomic E-state index is 5.83. The molecule has 0 amide bonds. The Balaban J connectivity index is 2.20. The van der Waals surface area contributed by atoms with Gasteiger partial charge in [-0.3, -0.25) is 4.98 Å². The standard InChI is InChI=1S/C16H20IN5O/c1-11(14-8-3-4-9-19-14)20-16(22-15(17)18)21-12-6-5-7-13(10-12)23-2/h3-11,15H,18H2,1-2H3,(H2,20,21,22). The van der Waals surface area contributed by atoms with E-state index in [0.29, 0.717) is 5.96 Å². The Labute approximate surface area is 149 Å². The van der Waals surface area contributed by atoms with Crippen LogP contribution in [-0.4, -0.2) is 22.2 Å². The van der Waals surface area contributed by atoms with Crippen molar-refractivity contribution in [3.05, 3.63) is 54.4 Å². The molecule has 4 N–H and O–H groups in total. The van der Waals surface area contributed by atoms with E-state index in [1.54, 1.807) is 13.3 Å². The summed E-state index contributed by atoms with van der Waals surface area (Å²) in [4.78, 5) is 8.97. The van der Waals surface area contributed by atoms with Gasteiger partial charge in [0.05, 0.1) is 18.8 Å². The Morgan fingerprint density at radius 3 is 2.78 bits per heavy atom. The van der Waals surface area contributed by atoms with Crippen LogP contribution in [0.2, 0.25) is 0 Å². The third-order valence-electron chi connectivity index (χ3n) is 3.05. The molecule has 1 heterocycles. The van der Waals surface area contributed by atoms with Gasteiger partial charge in [-0.2, -0.15) is 0 Å². The van der Waals surface area contributed by atoms with E-state index in [1.807, 2.05) is 49.4 Å². The summed E-state index contributed by atoms with van der Waals surface area (Å²) in [6.07, 6.45) is 1.76.